The number of hydrogen-bond acceptors (Lipinski definition) is 5. The van der Waals surface area contributed by atoms with Crippen molar-refractivity contribution < 1.29 is 19.1 Å². The third-order valence-electron chi connectivity index (χ3n) is 2.44. The van der Waals surface area contributed by atoms with Crippen LogP contribution in [0.4, 0.5) is 0 Å². The van der Waals surface area contributed by atoms with Crippen LogP contribution in [0, 0.1) is 22.7 Å². The van der Waals surface area contributed by atoms with Gasteiger partial charge in [0, 0.05) is 0 Å². The molecule has 0 spiro atoms. The van der Waals surface area contributed by atoms with E-state index in [1.54, 1.807) is 13.8 Å². The number of carbonyl (C=O) groups excluding carboxylic acids is 2. The monoisotopic (exact) mass is 227 g/mol. The fraction of sp³-hybridized carbons (Fsp3) is 0.727. The SMILES string of the molecule is CCOC(=O)[C@@H](C)[C@@](C)(C#N)C(=O)OCC. The van der Waals surface area contributed by atoms with Crippen LogP contribution in [0.25, 0.3) is 0 Å². The number of esters is 2. The van der Waals surface area contributed by atoms with E-state index in [9.17, 15) is 9.59 Å². The highest BCUT2D eigenvalue weighted by atomic mass is 16.5. The molecular formula is C11H17NO4. The Morgan fingerprint density at radius 1 is 1.31 bits per heavy atom. The maximum absolute atomic E-state index is 11.6. The number of nitrogens with zero attached hydrogens (tertiary/aromatic N) is 1. The van der Waals surface area contributed by atoms with Gasteiger partial charge < -0.3 is 9.47 Å². The molecule has 0 aromatic heterocycles. The quantitative estimate of drug-likeness (QED) is 0.661. The normalized spacial score (nSPS) is 15.4. The van der Waals surface area contributed by atoms with Gasteiger partial charge in [-0.3, -0.25) is 9.59 Å². The first kappa shape index (κ1) is 14.4. The molecule has 0 rings (SSSR count). The Labute approximate surface area is 95.3 Å². The van der Waals surface area contributed by atoms with Crippen LogP contribution in [-0.4, -0.2) is 25.2 Å². The third-order valence-corrected chi connectivity index (χ3v) is 2.44. The molecule has 5 nitrogen and oxygen atoms in total. The zero-order valence-corrected chi connectivity index (χ0v) is 10.1. The zero-order chi connectivity index (χ0) is 12.8. The van der Waals surface area contributed by atoms with E-state index in [1.165, 1.54) is 13.8 Å². The predicted molar refractivity (Wildman–Crippen MR) is 56.2 cm³/mol. The number of nitriles is 1. The third kappa shape index (κ3) is 2.96. The van der Waals surface area contributed by atoms with Gasteiger partial charge in [-0.25, -0.2) is 0 Å². The summed E-state index contributed by atoms with van der Waals surface area (Å²) in [5.74, 6) is -2.12. The fourth-order valence-electron chi connectivity index (χ4n) is 1.10. The first-order valence-electron chi connectivity index (χ1n) is 5.19. The molecule has 0 aliphatic rings. The minimum absolute atomic E-state index is 0.172. The minimum atomic E-state index is -1.50. The highest BCUT2D eigenvalue weighted by Gasteiger charge is 2.45. The van der Waals surface area contributed by atoms with Gasteiger partial charge in [-0.05, 0) is 27.7 Å². The summed E-state index contributed by atoms with van der Waals surface area (Å²) in [7, 11) is 0. The van der Waals surface area contributed by atoms with E-state index < -0.39 is 23.3 Å². The van der Waals surface area contributed by atoms with Crippen LogP contribution in [0.2, 0.25) is 0 Å². The minimum Gasteiger partial charge on any atom is -0.466 e. The summed E-state index contributed by atoms with van der Waals surface area (Å²) < 4.78 is 9.56. The van der Waals surface area contributed by atoms with Crippen LogP contribution in [0.5, 0.6) is 0 Å². The van der Waals surface area contributed by atoms with Gasteiger partial charge in [0.25, 0.3) is 0 Å². The largest absolute Gasteiger partial charge is 0.466 e. The molecule has 16 heavy (non-hydrogen) atoms. The van der Waals surface area contributed by atoms with Crippen molar-refractivity contribution in [1.29, 1.82) is 5.26 Å². The molecule has 0 aliphatic carbocycles. The average molecular weight is 227 g/mol. The van der Waals surface area contributed by atoms with Crippen molar-refractivity contribution in [1.82, 2.24) is 0 Å². The van der Waals surface area contributed by atoms with Gasteiger partial charge in [0.05, 0.1) is 25.2 Å². The van der Waals surface area contributed by atoms with Crippen molar-refractivity contribution in [3.05, 3.63) is 0 Å². The van der Waals surface area contributed by atoms with Gasteiger partial charge in [0.2, 0.25) is 0 Å². The molecule has 0 fully saturated rings. The van der Waals surface area contributed by atoms with Gasteiger partial charge in [0.1, 0.15) is 0 Å². The molecule has 0 aromatic carbocycles. The molecule has 0 aliphatic heterocycles. The molecule has 0 saturated carbocycles. The molecule has 0 radical (unpaired) electrons. The lowest BCUT2D eigenvalue weighted by Crippen LogP contribution is -2.39. The van der Waals surface area contributed by atoms with Gasteiger partial charge in [-0.15, -0.1) is 0 Å². The molecule has 0 saturated heterocycles. The van der Waals surface area contributed by atoms with Crippen LogP contribution < -0.4 is 0 Å². The highest BCUT2D eigenvalue weighted by molar-refractivity contribution is 5.87. The topological polar surface area (TPSA) is 76.4 Å². The Morgan fingerprint density at radius 2 is 1.81 bits per heavy atom. The maximum Gasteiger partial charge on any atom is 0.327 e. The van der Waals surface area contributed by atoms with Gasteiger partial charge >= 0.3 is 11.9 Å². The zero-order valence-electron chi connectivity index (χ0n) is 10.1. The Hall–Kier alpha value is -1.57. The average Bonchev–Trinajstić information content (AvgIpc) is 2.27. The fourth-order valence-corrected chi connectivity index (χ4v) is 1.10. The summed E-state index contributed by atoms with van der Waals surface area (Å²) in [6.07, 6.45) is 0. The van der Waals surface area contributed by atoms with Crippen molar-refractivity contribution in [2.24, 2.45) is 11.3 Å². The summed E-state index contributed by atoms with van der Waals surface area (Å²) in [6.45, 7) is 6.56. The first-order valence-corrected chi connectivity index (χ1v) is 5.19. The molecule has 0 amide bonds. The smallest absolute Gasteiger partial charge is 0.327 e. The summed E-state index contributed by atoms with van der Waals surface area (Å²) >= 11 is 0. The number of hydrogen-bond donors (Lipinski definition) is 0. The second-order valence-electron chi connectivity index (χ2n) is 3.51. The summed E-state index contributed by atoms with van der Waals surface area (Å²) in [5, 5.41) is 9.01. The molecule has 0 bridgehead atoms. The lowest BCUT2D eigenvalue weighted by molar-refractivity contribution is -0.163. The molecule has 0 heterocycles. The van der Waals surface area contributed by atoms with E-state index in [1.807, 2.05) is 6.07 Å². The predicted octanol–water partition coefficient (Wildman–Crippen LogP) is 1.28. The van der Waals surface area contributed by atoms with Crippen molar-refractivity contribution in [2.75, 3.05) is 13.2 Å². The van der Waals surface area contributed by atoms with Gasteiger partial charge in [-0.1, -0.05) is 0 Å². The van der Waals surface area contributed by atoms with Gasteiger partial charge in [-0.2, -0.15) is 5.26 Å². The van der Waals surface area contributed by atoms with E-state index in [0.717, 1.165) is 0 Å². The van der Waals surface area contributed by atoms with Crippen LogP contribution in [0.15, 0.2) is 0 Å². The second-order valence-corrected chi connectivity index (χ2v) is 3.51. The van der Waals surface area contributed by atoms with Crippen LogP contribution in [0.1, 0.15) is 27.7 Å². The molecule has 0 aromatic rings. The molecule has 5 heteroatoms. The second kappa shape index (κ2) is 6.11. The highest BCUT2D eigenvalue weighted by Crippen LogP contribution is 2.29. The van der Waals surface area contributed by atoms with Crippen LogP contribution in [0.3, 0.4) is 0 Å². The summed E-state index contributed by atoms with van der Waals surface area (Å²) in [6, 6.07) is 1.83. The van der Waals surface area contributed by atoms with Crippen molar-refractivity contribution in [3.63, 3.8) is 0 Å². The molecule has 0 N–H and O–H groups in total. The molecule has 0 unspecified atom stereocenters. The lowest BCUT2D eigenvalue weighted by atomic mass is 9.79. The number of rotatable bonds is 5. The molecular weight excluding hydrogens is 210 g/mol. The number of ether oxygens (including phenoxy) is 2. The van der Waals surface area contributed by atoms with E-state index in [4.69, 9.17) is 14.7 Å². The Morgan fingerprint density at radius 3 is 2.19 bits per heavy atom. The van der Waals surface area contributed by atoms with E-state index in [0.29, 0.717) is 0 Å². The summed E-state index contributed by atoms with van der Waals surface area (Å²) in [4.78, 5) is 23.1. The van der Waals surface area contributed by atoms with Crippen LogP contribution in [-0.2, 0) is 19.1 Å². The van der Waals surface area contributed by atoms with Crippen molar-refractivity contribution >= 4 is 11.9 Å². The lowest BCUT2D eigenvalue weighted by Gasteiger charge is -2.24. The Kier molecular flexibility index (Phi) is 5.51. The molecule has 90 valence electrons. The Balaban J connectivity index is 4.89. The summed E-state index contributed by atoms with van der Waals surface area (Å²) in [5.41, 5.74) is -1.50. The molecule has 2 atom stereocenters. The Bertz CT molecular complexity index is 308. The van der Waals surface area contributed by atoms with E-state index in [2.05, 4.69) is 0 Å². The van der Waals surface area contributed by atoms with Crippen molar-refractivity contribution in [3.8, 4) is 6.07 Å². The van der Waals surface area contributed by atoms with E-state index >= 15 is 0 Å². The first-order chi connectivity index (χ1) is 7.43. The van der Waals surface area contributed by atoms with Crippen LogP contribution >= 0.6 is 0 Å². The number of carbonyl (C=O) groups is 2. The van der Waals surface area contributed by atoms with Crippen molar-refractivity contribution in [2.45, 2.75) is 27.7 Å². The van der Waals surface area contributed by atoms with Gasteiger partial charge in [0.15, 0.2) is 5.41 Å². The standard InChI is InChI=1S/C11H17NO4/c1-5-15-9(13)8(3)11(4,7-12)10(14)16-6-2/h8H,5-6H2,1-4H3/t8-,11-/m1/s1. The maximum atomic E-state index is 11.6. The van der Waals surface area contributed by atoms with E-state index in [-0.39, 0.29) is 13.2 Å².